The highest BCUT2D eigenvalue weighted by atomic mass is 15.1. The number of hydrogen-bond acceptors (Lipinski definition) is 1. The molecule has 0 bridgehead atoms. The maximum absolute atomic E-state index is 4.05. The summed E-state index contributed by atoms with van der Waals surface area (Å²) in [5.74, 6) is 1.24. The lowest BCUT2D eigenvalue weighted by atomic mass is 9.91. The molecular formula is C10H10N2. The zero-order valence-electron chi connectivity index (χ0n) is 6.70. The molecule has 0 spiro atoms. The molecule has 0 fully saturated rings. The van der Waals surface area contributed by atoms with Gasteiger partial charge in [0.15, 0.2) is 0 Å². The fraction of sp³-hybridized carbons (Fsp3) is 0.300. The monoisotopic (exact) mass is 158 g/mol. The lowest BCUT2D eigenvalue weighted by Gasteiger charge is -2.14. The summed E-state index contributed by atoms with van der Waals surface area (Å²) in [5, 5.41) is 7.13. The Morgan fingerprint density at radius 1 is 1.33 bits per heavy atom. The van der Waals surface area contributed by atoms with Crippen LogP contribution in [0.3, 0.4) is 0 Å². The van der Waals surface area contributed by atoms with Crippen molar-refractivity contribution in [3.8, 4) is 0 Å². The first-order chi connectivity index (χ1) is 5.95. The van der Waals surface area contributed by atoms with Crippen molar-refractivity contribution >= 4 is 0 Å². The third-order valence-electron chi connectivity index (χ3n) is 2.79. The summed E-state index contributed by atoms with van der Waals surface area (Å²) < 4.78 is 0. The highest BCUT2D eigenvalue weighted by molar-refractivity contribution is 5.37. The molecule has 2 atom stereocenters. The Hall–Kier alpha value is -1.31. The quantitative estimate of drug-likeness (QED) is 0.612. The smallest absolute Gasteiger partial charge is 0.0522 e. The number of nitrogens with zero attached hydrogens (tertiary/aromatic N) is 1. The summed E-state index contributed by atoms with van der Waals surface area (Å²) in [6.45, 7) is 0. The topological polar surface area (TPSA) is 28.7 Å². The fourth-order valence-corrected chi connectivity index (χ4v) is 2.18. The Balaban J connectivity index is 2.11. The molecule has 0 amide bonds. The van der Waals surface area contributed by atoms with Gasteiger partial charge >= 0.3 is 0 Å². The minimum absolute atomic E-state index is 0.562. The van der Waals surface area contributed by atoms with Gasteiger partial charge in [-0.15, -0.1) is 0 Å². The third kappa shape index (κ3) is 0.670. The van der Waals surface area contributed by atoms with Crippen LogP contribution in [0.1, 0.15) is 17.2 Å². The molecule has 0 aromatic carbocycles. The molecule has 1 N–H and O–H groups in total. The van der Waals surface area contributed by atoms with Gasteiger partial charge in [-0.05, 0) is 17.9 Å². The first-order valence-corrected chi connectivity index (χ1v) is 4.32. The zero-order valence-corrected chi connectivity index (χ0v) is 6.70. The number of allylic oxidation sites excluding steroid dienone is 4. The van der Waals surface area contributed by atoms with Gasteiger partial charge in [-0.1, -0.05) is 24.3 Å². The van der Waals surface area contributed by atoms with Crippen molar-refractivity contribution in [1.29, 1.82) is 0 Å². The van der Waals surface area contributed by atoms with Crippen LogP contribution in [0.4, 0.5) is 0 Å². The number of hydrogen-bond donors (Lipinski definition) is 1. The third-order valence-corrected chi connectivity index (χ3v) is 2.79. The van der Waals surface area contributed by atoms with Crippen LogP contribution in [0, 0.1) is 5.92 Å². The summed E-state index contributed by atoms with van der Waals surface area (Å²) >= 11 is 0. The van der Waals surface area contributed by atoms with Crippen LogP contribution in [0.5, 0.6) is 0 Å². The molecule has 60 valence electrons. The van der Waals surface area contributed by atoms with Crippen LogP contribution in [-0.4, -0.2) is 10.2 Å². The first-order valence-electron chi connectivity index (χ1n) is 4.32. The SMILES string of the molecule is C1=CC2Cc3cn[nH]c3C2C=C1. The lowest BCUT2D eigenvalue weighted by Crippen LogP contribution is -2.05. The van der Waals surface area contributed by atoms with Gasteiger partial charge in [0.2, 0.25) is 0 Å². The molecule has 2 nitrogen and oxygen atoms in total. The number of aromatic amines is 1. The molecular weight excluding hydrogens is 148 g/mol. The summed E-state index contributed by atoms with van der Waals surface area (Å²) in [5.41, 5.74) is 2.71. The van der Waals surface area contributed by atoms with E-state index < -0.39 is 0 Å². The molecule has 0 aliphatic heterocycles. The van der Waals surface area contributed by atoms with E-state index in [-0.39, 0.29) is 0 Å². The molecule has 2 unspecified atom stereocenters. The fourth-order valence-electron chi connectivity index (χ4n) is 2.18. The first kappa shape index (κ1) is 6.23. The summed E-state index contributed by atoms with van der Waals surface area (Å²) in [6, 6.07) is 0. The Labute approximate surface area is 71.0 Å². The van der Waals surface area contributed by atoms with E-state index >= 15 is 0 Å². The summed E-state index contributed by atoms with van der Waals surface area (Å²) in [4.78, 5) is 0. The number of aromatic nitrogens is 2. The Kier molecular flexibility index (Phi) is 1.09. The van der Waals surface area contributed by atoms with Crippen LogP contribution in [0.25, 0.3) is 0 Å². The van der Waals surface area contributed by atoms with Gasteiger partial charge < -0.3 is 0 Å². The van der Waals surface area contributed by atoms with Crippen molar-refractivity contribution in [3.05, 3.63) is 41.8 Å². The van der Waals surface area contributed by atoms with E-state index in [0.717, 1.165) is 6.42 Å². The maximum Gasteiger partial charge on any atom is 0.0522 e. The Bertz CT molecular complexity index is 360. The van der Waals surface area contributed by atoms with Crippen molar-refractivity contribution in [2.45, 2.75) is 12.3 Å². The normalized spacial score (nSPS) is 30.3. The second kappa shape index (κ2) is 2.09. The zero-order chi connectivity index (χ0) is 7.97. The molecule has 1 heterocycles. The summed E-state index contributed by atoms with van der Waals surface area (Å²) in [7, 11) is 0. The second-order valence-corrected chi connectivity index (χ2v) is 3.47. The van der Waals surface area contributed by atoms with Gasteiger partial charge in [-0.2, -0.15) is 5.10 Å². The lowest BCUT2D eigenvalue weighted by molar-refractivity contribution is 0.614. The average molecular weight is 158 g/mol. The number of rotatable bonds is 0. The van der Waals surface area contributed by atoms with E-state index in [1.165, 1.54) is 11.3 Å². The van der Waals surface area contributed by atoms with E-state index in [1.807, 2.05) is 6.20 Å². The van der Waals surface area contributed by atoms with Crippen molar-refractivity contribution in [1.82, 2.24) is 10.2 Å². The van der Waals surface area contributed by atoms with Gasteiger partial charge in [-0.25, -0.2) is 0 Å². The molecule has 1 aromatic rings. The van der Waals surface area contributed by atoms with Crippen molar-refractivity contribution < 1.29 is 0 Å². The van der Waals surface area contributed by atoms with Gasteiger partial charge in [0.05, 0.1) is 6.20 Å². The van der Waals surface area contributed by atoms with Crippen LogP contribution in [0.2, 0.25) is 0 Å². The van der Waals surface area contributed by atoms with Gasteiger partial charge in [0.25, 0.3) is 0 Å². The predicted molar refractivity (Wildman–Crippen MR) is 46.8 cm³/mol. The number of fused-ring (bicyclic) bond motifs is 3. The van der Waals surface area contributed by atoms with E-state index in [1.54, 1.807) is 0 Å². The average Bonchev–Trinajstić information content (AvgIpc) is 2.62. The standard InChI is InChI=1S/C10H10N2/c1-2-4-9-7(3-1)5-8-6-11-12-10(8)9/h1-4,6-7,9H,5H2,(H,11,12). The summed E-state index contributed by atoms with van der Waals surface area (Å²) in [6.07, 6.45) is 11.9. The highest BCUT2D eigenvalue weighted by Crippen LogP contribution is 2.39. The molecule has 12 heavy (non-hydrogen) atoms. The molecule has 2 aliphatic rings. The van der Waals surface area contributed by atoms with E-state index in [2.05, 4.69) is 34.5 Å². The van der Waals surface area contributed by atoms with E-state index in [0.29, 0.717) is 11.8 Å². The predicted octanol–water partition coefficient (Wildman–Crippen LogP) is 1.79. The largest absolute Gasteiger partial charge is 0.282 e. The van der Waals surface area contributed by atoms with Crippen LogP contribution in [0.15, 0.2) is 30.5 Å². The van der Waals surface area contributed by atoms with Gasteiger partial charge in [-0.3, -0.25) is 5.10 Å². The molecule has 2 aliphatic carbocycles. The van der Waals surface area contributed by atoms with Crippen LogP contribution < -0.4 is 0 Å². The maximum atomic E-state index is 4.05. The Morgan fingerprint density at radius 2 is 2.25 bits per heavy atom. The van der Waals surface area contributed by atoms with Crippen LogP contribution >= 0.6 is 0 Å². The van der Waals surface area contributed by atoms with Crippen LogP contribution in [-0.2, 0) is 6.42 Å². The second-order valence-electron chi connectivity index (χ2n) is 3.47. The Morgan fingerprint density at radius 3 is 3.25 bits per heavy atom. The minimum Gasteiger partial charge on any atom is -0.282 e. The van der Waals surface area contributed by atoms with E-state index in [4.69, 9.17) is 0 Å². The molecule has 0 radical (unpaired) electrons. The van der Waals surface area contributed by atoms with E-state index in [9.17, 15) is 0 Å². The van der Waals surface area contributed by atoms with Crippen molar-refractivity contribution in [3.63, 3.8) is 0 Å². The number of H-pyrrole nitrogens is 1. The minimum atomic E-state index is 0.562. The molecule has 1 aromatic heterocycles. The van der Waals surface area contributed by atoms with Crippen molar-refractivity contribution in [2.75, 3.05) is 0 Å². The van der Waals surface area contributed by atoms with Gasteiger partial charge in [0, 0.05) is 11.6 Å². The highest BCUT2D eigenvalue weighted by Gasteiger charge is 2.31. The molecule has 0 saturated heterocycles. The number of nitrogens with one attached hydrogen (secondary N) is 1. The molecule has 0 saturated carbocycles. The van der Waals surface area contributed by atoms with Gasteiger partial charge in [0.1, 0.15) is 0 Å². The molecule has 3 rings (SSSR count). The molecule has 2 heteroatoms. The van der Waals surface area contributed by atoms with Crippen molar-refractivity contribution in [2.24, 2.45) is 5.92 Å².